The molecule has 0 bridgehead atoms. The number of fused-ring (bicyclic) bond motifs is 1. The third-order valence-electron chi connectivity index (χ3n) is 4.13. The van der Waals surface area contributed by atoms with E-state index in [0.717, 1.165) is 25.7 Å². The molecule has 0 saturated heterocycles. The van der Waals surface area contributed by atoms with E-state index in [2.05, 4.69) is 33.8 Å². The molecule has 4 heteroatoms. The van der Waals surface area contributed by atoms with Gasteiger partial charge in [-0.3, -0.25) is 4.90 Å². The molecule has 2 aromatic heterocycles. The molecular formula is C16H20N2S2. The molecule has 20 heavy (non-hydrogen) atoms. The highest BCUT2D eigenvalue weighted by Crippen LogP contribution is 2.27. The molecule has 106 valence electrons. The Morgan fingerprint density at radius 1 is 1.20 bits per heavy atom. The normalized spacial score (nSPS) is 19.2. The van der Waals surface area contributed by atoms with Crippen molar-refractivity contribution in [1.82, 2.24) is 10.2 Å². The van der Waals surface area contributed by atoms with Crippen molar-refractivity contribution in [2.24, 2.45) is 0 Å². The highest BCUT2D eigenvalue weighted by Gasteiger charge is 2.20. The summed E-state index contributed by atoms with van der Waals surface area (Å²) in [5.74, 6) is 0. The van der Waals surface area contributed by atoms with E-state index in [1.807, 2.05) is 22.7 Å². The van der Waals surface area contributed by atoms with Crippen LogP contribution in [0.4, 0.5) is 0 Å². The van der Waals surface area contributed by atoms with Crippen LogP contribution >= 0.6 is 22.7 Å². The van der Waals surface area contributed by atoms with Gasteiger partial charge in [-0.15, -0.1) is 22.7 Å². The second kappa shape index (κ2) is 5.60. The van der Waals surface area contributed by atoms with Gasteiger partial charge in [0, 0.05) is 46.9 Å². The van der Waals surface area contributed by atoms with Gasteiger partial charge in [0.05, 0.1) is 0 Å². The molecule has 1 aliphatic heterocycles. The van der Waals surface area contributed by atoms with Crippen LogP contribution in [0.2, 0.25) is 0 Å². The standard InChI is InChI=1S/C16H20N2S2/c1-2-13(1)17-9-14-3-4-15(20-14)11-18-7-5-16-12(10-18)6-8-19-16/h3-4,6,8,13,17H,1-2,5,7,9-11H2. The third kappa shape index (κ3) is 2.98. The first-order valence-electron chi connectivity index (χ1n) is 7.45. The van der Waals surface area contributed by atoms with Crippen LogP contribution in [-0.2, 0) is 26.1 Å². The average Bonchev–Trinajstić information content (AvgIpc) is 2.99. The molecule has 3 heterocycles. The van der Waals surface area contributed by atoms with Crippen molar-refractivity contribution in [2.75, 3.05) is 6.54 Å². The van der Waals surface area contributed by atoms with Crippen LogP contribution in [0.1, 0.15) is 33.0 Å². The molecular weight excluding hydrogens is 284 g/mol. The van der Waals surface area contributed by atoms with Gasteiger partial charge in [-0.25, -0.2) is 0 Å². The SMILES string of the molecule is c1cc2c(s1)CCN(Cc1ccc(CNC3CC3)s1)C2. The van der Waals surface area contributed by atoms with Gasteiger partial charge in [-0.1, -0.05) is 0 Å². The Kier molecular flexibility index (Phi) is 3.65. The Morgan fingerprint density at radius 2 is 2.10 bits per heavy atom. The van der Waals surface area contributed by atoms with E-state index in [1.165, 1.54) is 35.6 Å². The summed E-state index contributed by atoms with van der Waals surface area (Å²) in [6.45, 7) is 4.51. The first kappa shape index (κ1) is 13.0. The monoisotopic (exact) mass is 304 g/mol. The van der Waals surface area contributed by atoms with Crippen LogP contribution in [-0.4, -0.2) is 17.5 Å². The fraction of sp³-hybridized carbons (Fsp3) is 0.500. The fourth-order valence-electron chi connectivity index (χ4n) is 2.80. The molecule has 2 aromatic rings. The average molecular weight is 304 g/mol. The van der Waals surface area contributed by atoms with Crippen molar-refractivity contribution in [3.8, 4) is 0 Å². The minimum absolute atomic E-state index is 0.805. The summed E-state index contributed by atoms with van der Waals surface area (Å²) in [5.41, 5.74) is 1.55. The zero-order valence-corrected chi connectivity index (χ0v) is 13.2. The Labute approximate surface area is 128 Å². The number of hydrogen-bond donors (Lipinski definition) is 1. The molecule has 0 spiro atoms. The second-order valence-electron chi connectivity index (χ2n) is 5.85. The molecule has 4 rings (SSSR count). The van der Waals surface area contributed by atoms with E-state index in [4.69, 9.17) is 0 Å². The minimum atomic E-state index is 0.805. The predicted octanol–water partition coefficient (Wildman–Crippen LogP) is 3.62. The van der Waals surface area contributed by atoms with Crippen LogP contribution in [0.5, 0.6) is 0 Å². The van der Waals surface area contributed by atoms with Crippen molar-refractivity contribution in [2.45, 2.75) is 44.9 Å². The summed E-state index contributed by atoms with van der Waals surface area (Å²) in [4.78, 5) is 7.18. The van der Waals surface area contributed by atoms with Crippen molar-refractivity contribution >= 4 is 22.7 Å². The van der Waals surface area contributed by atoms with Crippen molar-refractivity contribution in [1.29, 1.82) is 0 Å². The lowest BCUT2D eigenvalue weighted by Crippen LogP contribution is -2.28. The minimum Gasteiger partial charge on any atom is -0.309 e. The molecule has 1 fully saturated rings. The first-order valence-corrected chi connectivity index (χ1v) is 9.15. The Balaban J connectivity index is 1.34. The summed E-state index contributed by atoms with van der Waals surface area (Å²) in [7, 11) is 0. The summed E-state index contributed by atoms with van der Waals surface area (Å²) < 4.78 is 0. The van der Waals surface area contributed by atoms with Gasteiger partial charge in [0.2, 0.25) is 0 Å². The maximum Gasteiger partial charge on any atom is 0.0331 e. The second-order valence-corrected chi connectivity index (χ2v) is 8.11. The summed E-state index contributed by atoms with van der Waals surface area (Å²) in [6, 6.07) is 7.72. The maximum absolute atomic E-state index is 3.60. The van der Waals surface area contributed by atoms with Crippen molar-refractivity contribution < 1.29 is 0 Å². The smallest absolute Gasteiger partial charge is 0.0331 e. The van der Waals surface area contributed by atoms with E-state index in [0.29, 0.717) is 0 Å². The van der Waals surface area contributed by atoms with Gasteiger partial charge in [-0.2, -0.15) is 0 Å². The Bertz CT molecular complexity index is 583. The van der Waals surface area contributed by atoms with Crippen LogP contribution in [0.15, 0.2) is 23.6 Å². The number of thiophene rings is 2. The van der Waals surface area contributed by atoms with Gasteiger partial charge in [-0.05, 0) is 48.4 Å². The number of rotatable bonds is 5. The van der Waals surface area contributed by atoms with Gasteiger partial charge < -0.3 is 5.32 Å². The molecule has 0 aromatic carbocycles. The maximum atomic E-state index is 3.60. The molecule has 2 nitrogen and oxygen atoms in total. The van der Waals surface area contributed by atoms with Gasteiger partial charge in [0.25, 0.3) is 0 Å². The van der Waals surface area contributed by atoms with E-state index in [1.54, 1.807) is 10.4 Å². The van der Waals surface area contributed by atoms with E-state index >= 15 is 0 Å². The molecule has 1 aliphatic carbocycles. The van der Waals surface area contributed by atoms with Crippen LogP contribution in [0, 0.1) is 0 Å². The van der Waals surface area contributed by atoms with Crippen LogP contribution in [0.3, 0.4) is 0 Å². The van der Waals surface area contributed by atoms with Crippen LogP contribution < -0.4 is 5.32 Å². The molecule has 2 aliphatic rings. The summed E-state index contributed by atoms with van der Waals surface area (Å²) >= 11 is 3.90. The molecule has 0 atom stereocenters. The largest absolute Gasteiger partial charge is 0.309 e. The zero-order chi connectivity index (χ0) is 13.4. The topological polar surface area (TPSA) is 15.3 Å². The van der Waals surface area contributed by atoms with E-state index in [9.17, 15) is 0 Å². The molecule has 0 unspecified atom stereocenters. The van der Waals surface area contributed by atoms with E-state index < -0.39 is 0 Å². The summed E-state index contributed by atoms with van der Waals surface area (Å²) in [5, 5.41) is 5.83. The fourth-order valence-corrected chi connectivity index (χ4v) is 4.70. The first-order chi connectivity index (χ1) is 9.87. The van der Waals surface area contributed by atoms with Gasteiger partial charge >= 0.3 is 0 Å². The van der Waals surface area contributed by atoms with E-state index in [-0.39, 0.29) is 0 Å². The lowest BCUT2D eigenvalue weighted by molar-refractivity contribution is 0.249. The molecule has 1 N–H and O–H groups in total. The number of nitrogens with one attached hydrogen (secondary N) is 1. The zero-order valence-electron chi connectivity index (χ0n) is 11.6. The van der Waals surface area contributed by atoms with Gasteiger partial charge in [0.1, 0.15) is 0 Å². The highest BCUT2D eigenvalue weighted by molar-refractivity contribution is 7.12. The Hall–Kier alpha value is -0.680. The molecule has 0 radical (unpaired) electrons. The molecule has 0 amide bonds. The van der Waals surface area contributed by atoms with Crippen molar-refractivity contribution in [3.05, 3.63) is 43.8 Å². The van der Waals surface area contributed by atoms with Gasteiger partial charge in [0.15, 0.2) is 0 Å². The highest BCUT2D eigenvalue weighted by atomic mass is 32.1. The number of nitrogens with zero attached hydrogens (tertiary/aromatic N) is 1. The lowest BCUT2D eigenvalue weighted by atomic mass is 10.1. The van der Waals surface area contributed by atoms with Crippen LogP contribution in [0.25, 0.3) is 0 Å². The Morgan fingerprint density at radius 3 is 3.00 bits per heavy atom. The molecule has 1 saturated carbocycles. The predicted molar refractivity (Wildman–Crippen MR) is 86.3 cm³/mol. The number of hydrogen-bond acceptors (Lipinski definition) is 4. The quantitative estimate of drug-likeness (QED) is 0.907. The van der Waals surface area contributed by atoms with Crippen molar-refractivity contribution in [3.63, 3.8) is 0 Å². The third-order valence-corrected chi connectivity index (χ3v) is 6.22. The lowest BCUT2D eigenvalue weighted by Gasteiger charge is -2.26. The summed E-state index contributed by atoms with van der Waals surface area (Å²) in [6.07, 6.45) is 3.97.